The Labute approximate surface area is 144 Å². The van der Waals surface area contributed by atoms with E-state index in [4.69, 9.17) is 14.2 Å². The van der Waals surface area contributed by atoms with Crippen LogP contribution in [0.4, 0.5) is 0 Å². The van der Waals surface area contributed by atoms with Crippen molar-refractivity contribution >= 4 is 5.91 Å². The Morgan fingerprint density at radius 1 is 1.04 bits per heavy atom. The van der Waals surface area contributed by atoms with Gasteiger partial charge in [0.2, 0.25) is 0 Å². The lowest BCUT2D eigenvalue weighted by molar-refractivity contribution is 0.0721. The van der Waals surface area contributed by atoms with E-state index in [9.17, 15) is 4.79 Å². The van der Waals surface area contributed by atoms with Crippen LogP contribution in [0.3, 0.4) is 0 Å². The van der Waals surface area contributed by atoms with E-state index in [1.54, 1.807) is 33.5 Å². The van der Waals surface area contributed by atoms with Gasteiger partial charge >= 0.3 is 0 Å². The number of methoxy groups -OCH3 is 3. The Morgan fingerprint density at radius 3 is 2.25 bits per heavy atom. The van der Waals surface area contributed by atoms with Crippen molar-refractivity contribution in [3.8, 4) is 17.2 Å². The standard InChI is InChI=1S/C18H28N2O4/c1-19(2)13-8-6-7-9-20(12-13)18(21)14-10-16(23-4)17(24-5)11-15(14)22-3/h10-11,13H,6-9,12H2,1-5H3. The number of hydrogen-bond donors (Lipinski definition) is 0. The van der Waals surface area contributed by atoms with Gasteiger partial charge in [-0.3, -0.25) is 4.79 Å². The number of carbonyl (C=O) groups is 1. The molecule has 6 heteroatoms. The van der Waals surface area contributed by atoms with E-state index >= 15 is 0 Å². The van der Waals surface area contributed by atoms with Crippen LogP contribution in [0.25, 0.3) is 0 Å². The van der Waals surface area contributed by atoms with E-state index < -0.39 is 0 Å². The zero-order valence-electron chi connectivity index (χ0n) is 15.3. The van der Waals surface area contributed by atoms with Gasteiger partial charge in [-0.05, 0) is 26.9 Å². The number of hydrogen-bond acceptors (Lipinski definition) is 5. The third-order valence-electron chi connectivity index (χ3n) is 4.60. The van der Waals surface area contributed by atoms with Crippen molar-refractivity contribution in [2.24, 2.45) is 0 Å². The van der Waals surface area contributed by atoms with Gasteiger partial charge in [-0.1, -0.05) is 6.42 Å². The summed E-state index contributed by atoms with van der Waals surface area (Å²) in [5.74, 6) is 1.55. The van der Waals surface area contributed by atoms with E-state index in [-0.39, 0.29) is 5.91 Å². The first-order valence-electron chi connectivity index (χ1n) is 8.27. The van der Waals surface area contributed by atoms with Crippen LogP contribution in [-0.4, -0.2) is 70.3 Å². The Hall–Kier alpha value is -1.95. The number of amides is 1. The smallest absolute Gasteiger partial charge is 0.257 e. The van der Waals surface area contributed by atoms with Crippen LogP contribution in [0.2, 0.25) is 0 Å². The fraction of sp³-hybridized carbons (Fsp3) is 0.611. The van der Waals surface area contributed by atoms with Gasteiger partial charge in [-0.25, -0.2) is 0 Å². The molecule has 0 aromatic heterocycles. The van der Waals surface area contributed by atoms with Crippen LogP contribution < -0.4 is 14.2 Å². The first kappa shape index (κ1) is 18.4. The summed E-state index contributed by atoms with van der Waals surface area (Å²) in [5, 5.41) is 0. The van der Waals surface area contributed by atoms with Crippen molar-refractivity contribution in [3.05, 3.63) is 17.7 Å². The summed E-state index contributed by atoms with van der Waals surface area (Å²) in [4.78, 5) is 17.2. The zero-order valence-corrected chi connectivity index (χ0v) is 15.3. The molecule has 6 nitrogen and oxygen atoms in total. The predicted octanol–water partition coefficient (Wildman–Crippen LogP) is 2.27. The van der Waals surface area contributed by atoms with Crippen LogP contribution in [0.1, 0.15) is 29.6 Å². The van der Waals surface area contributed by atoms with Crippen molar-refractivity contribution < 1.29 is 19.0 Å². The minimum atomic E-state index is -0.0263. The topological polar surface area (TPSA) is 51.2 Å². The van der Waals surface area contributed by atoms with E-state index in [1.807, 2.05) is 4.90 Å². The maximum absolute atomic E-state index is 13.1. The van der Waals surface area contributed by atoms with E-state index in [1.165, 1.54) is 0 Å². The van der Waals surface area contributed by atoms with E-state index in [0.717, 1.165) is 32.4 Å². The summed E-state index contributed by atoms with van der Waals surface area (Å²) in [7, 11) is 8.82. The zero-order chi connectivity index (χ0) is 17.7. The lowest BCUT2D eigenvalue weighted by Gasteiger charge is -2.29. The molecule has 1 amide bonds. The molecule has 1 atom stereocenters. The second-order valence-corrected chi connectivity index (χ2v) is 6.27. The van der Waals surface area contributed by atoms with Crippen molar-refractivity contribution in [2.45, 2.75) is 25.3 Å². The molecular formula is C18H28N2O4. The molecule has 1 unspecified atom stereocenters. The molecule has 1 aromatic carbocycles. The van der Waals surface area contributed by atoms with E-state index in [2.05, 4.69) is 19.0 Å². The Balaban J connectivity index is 2.33. The fourth-order valence-corrected chi connectivity index (χ4v) is 3.09. The second kappa shape index (κ2) is 8.24. The third-order valence-corrected chi connectivity index (χ3v) is 4.60. The molecule has 2 rings (SSSR count). The molecule has 1 fully saturated rings. The highest BCUT2D eigenvalue weighted by Gasteiger charge is 2.27. The van der Waals surface area contributed by atoms with Gasteiger partial charge in [0.15, 0.2) is 11.5 Å². The molecule has 1 saturated heterocycles. The molecule has 1 heterocycles. The molecule has 0 bridgehead atoms. The molecule has 0 saturated carbocycles. The van der Waals surface area contributed by atoms with Gasteiger partial charge in [0.05, 0.1) is 26.9 Å². The highest BCUT2D eigenvalue weighted by molar-refractivity contribution is 5.98. The number of nitrogens with zero attached hydrogens (tertiary/aromatic N) is 2. The largest absolute Gasteiger partial charge is 0.496 e. The monoisotopic (exact) mass is 336 g/mol. The summed E-state index contributed by atoms with van der Waals surface area (Å²) in [6.07, 6.45) is 3.27. The lowest BCUT2D eigenvalue weighted by atomic mass is 10.1. The van der Waals surface area contributed by atoms with Crippen LogP contribution in [0, 0.1) is 0 Å². The predicted molar refractivity (Wildman–Crippen MR) is 93.3 cm³/mol. The molecule has 1 aliphatic heterocycles. The highest BCUT2D eigenvalue weighted by Crippen LogP contribution is 2.35. The maximum atomic E-state index is 13.1. The molecule has 0 radical (unpaired) electrons. The van der Waals surface area contributed by atoms with Gasteiger partial charge in [0, 0.05) is 31.3 Å². The third kappa shape index (κ3) is 3.93. The second-order valence-electron chi connectivity index (χ2n) is 6.27. The summed E-state index contributed by atoms with van der Waals surface area (Å²) >= 11 is 0. The number of likely N-dealkylation sites (tertiary alicyclic amines) is 1. The highest BCUT2D eigenvalue weighted by atomic mass is 16.5. The van der Waals surface area contributed by atoms with Gasteiger partial charge in [-0.2, -0.15) is 0 Å². The van der Waals surface area contributed by atoms with Crippen LogP contribution >= 0.6 is 0 Å². The van der Waals surface area contributed by atoms with Gasteiger partial charge in [-0.15, -0.1) is 0 Å². The minimum Gasteiger partial charge on any atom is -0.496 e. The van der Waals surface area contributed by atoms with Gasteiger partial charge in [0.25, 0.3) is 5.91 Å². The molecule has 1 aromatic rings. The van der Waals surface area contributed by atoms with Crippen molar-refractivity contribution in [1.82, 2.24) is 9.80 Å². The number of ether oxygens (including phenoxy) is 3. The molecule has 1 aliphatic rings. The van der Waals surface area contributed by atoms with Crippen molar-refractivity contribution in [3.63, 3.8) is 0 Å². The fourth-order valence-electron chi connectivity index (χ4n) is 3.09. The minimum absolute atomic E-state index is 0.0263. The molecule has 0 aliphatic carbocycles. The van der Waals surface area contributed by atoms with Crippen LogP contribution in [0.5, 0.6) is 17.2 Å². The summed E-state index contributed by atoms with van der Waals surface area (Å²) in [5.41, 5.74) is 0.509. The Kier molecular flexibility index (Phi) is 6.31. The quantitative estimate of drug-likeness (QED) is 0.826. The molecule has 24 heavy (non-hydrogen) atoms. The first-order chi connectivity index (χ1) is 11.5. The average Bonchev–Trinajstić information content (AvgIpc) is 2.86. The molecular weight excluding hydrogens is 308 g/mol. The SMILES string of the molecule is COc1cc(OC)c(C(=O)N2CCCCC(N(C)C)C2)cc1OC. The average molecular weight is 336 g/mol. The maximum Gasteiger partial charge on any atom is 0.257 e. The normalized spacial score (nSPS) is 18.2. The van der Waals surface area contributed by atoms with Gasteiger partial charge in [0.1, 0.15) is 5.75 Å². The Bertz CT molecular complexity index is 574. The number of rotatable bonds is 5. The van der Waals surface area contributed by atoms with Crippen molar-refractivity contribution in [2.75, 3.05) is 48.5 Å². The number of carbonyl (C=O) groups excluding carboxylic acids is 1. The van der Waals surface area contributed by atoms with Crippen LogP contribution in [0.15, 0.2) is 12.1 Å². The first-order valence-corrected chi connectivity index (χ1v) is 8.27. The molecule has 134 valence electrons. The summed E-state index contributed by atoms with van der Waals surface area (Å²) in [6.45, 7) is 1.49. The summed E-state index contributed by atoms with van der Waals surface area (Å²) < 4.78 is 16.0. The van der Waals surface area contributed by atoms with Crippen molar-refractivity contribution in [1.29, 1.82) is 0 Å². The van der Waals surface area contributed by atoms with E-state index in [0.29, 0.717) is 28.9 Å². The molecule has 0 N–H and O–H groups in total. The number of likely N-dealkylation sites (N-methyl/N-ethyl adjacent to an activating group) is 1. The number of benzene rings is 1. The lowest BCUT2D eigenvalue weighted by Crippen LogP contribution is -2.42. The van der Waals surface area contributed by atoms with Crippen LogP contribution in [-0.2, 0) is 0 Å². The summed E-state index contributed by atoms with van der Waals surface area (Å²) in [6, 6.07) is 3.78. The van der Waals surface area contributed by atoms with Gasteiger partial charge < -0.3 is 24.0 Å². The molecule has 0 spiro atoms. The Morgan fingerprint density at radius 2 is 1.67 bits per heavy atom.